The van der Waals surface area contributed by atoms with Crippen molar-refractivity contribution in [3.05, 3.63) is 59.7 Å². The maximum absolute atomic E-state index is 2.39. The summed E-state index contributed by atoms with van der Waals surface area (Å²) < 4.78 is 1.08. The zero-order valence-electron chi connectivity index (χ0n) is 9.11. The van der Waals surface area contributed by atoms with Gasteiger partial charge in [-0.2, -0.15) is 0 Å². The average molecular weight is 340 g/mol. The van der Waals surface area contributed by atoms with Gasteiger partial charge in [0.1, 0.15) is 0 Å². The van der Waals surface area contributed by atoms with E-state index >= 15 is 0 Å². The predicted octanol–water partition coefficient (Wildman–Crippen LogP) is 5.08. The third-order valence-electron chi connectivity index (χ3n) is 2.33. The summed E-state index contributed by atoms with van der Waals surface area (Å²) in [4.78, 5) is 2.60. The lowest BCUT2D eigenvalue weighted by Gasteiger charge is -2.03. The quantitative estimate of drug-likeness (QED) is 0.555. The fourth-order valence-electron chi connectivity index (χ4n) is 1.39. The molecule has 0 saturated carbocycles. The van der Waals surface area contributed by atoms with Gasteiger partial charge in [0.05, 0.1) is 0 Å². The molecule has 0 saturated heterocycles. The highest BCUT2D eigenvalue weighted by Crippen LogP contribution is 2.28. The lowest BCUT2D eigenvalue weighted by Crippen LogP contribution is -1.78. The average Bonchev–Trinajstić information content (AvgIpc) is 2.33. The monoisotopic (exact) mass is 340 g/mol. The fraction of sp³-hybridized carbons (Fsp3) is 0.143. The van der Waals surface area contributed by atoms with Crippen LogP contribution in [0.25, 0.3) is 0 Å². The lowest BCUT2D eigenvalue weighted by molar-refractivity contribution is 1.34. The molecule has 2 aromatic carbocycles. The van der Waals surface area contributed by atoms with Gasteiger partial charge >= 0.3 is 0 Å². The molecule has 82 valence electrons. The summed E-state index contributed by atoms with van der Waals surface area (Å²) in [5.41, 5.74) is 2.69. The number of hydrogen-bond donors (Lipinski definition) is 0. The van der Waals surface area contributed by atoms with Crippen molar-refractivity contribution in [2.45, 2.75) is 21.1 Å². The second-order valence-corrected chi connectivity index (χ2v) is 5.60. The minimum Gasteiger partial charge on any atom is -0.0901 e. The maximum Gasteiger partial charge on any atom is 0.0247 e. The van der Waals surface area contributed by atoms with Crippen LogP contribution in [0.2, 0.25) is 0 Å². The van der Waals surface area contributed by atoms with Crippen molar-refractivity contribution in [3.8, 4) is 0 Å². The molecular weight excluding hydrogens is 327 g/mol. The van der Waals surface area contributed by atoms with Gasteiger partial charge in [0.2, 0.25) is 0 Å². The first-order chi connectivity index (χ1) is 7.78. The van der Waals surface area contributed by atoms with E-state index in [0.717, 1.165) is 4.43 Å². The summed E-state index contributed by atoms with van der Waals surface area (Å²) >= 11 is 4.20. The molecule has 0 fully saturated rings. The molecule has 2 heteroatoms. The molecule has 0 N–H and O–H groups in total. The Bertz CT molecular complexity index is 445. The Morgan fingerprint density at radius 2 is 1.38 bits per heavy atom. The van der Waals surface area contributed by atoms with E-state index in [-0.39, 0.29) is 0 Å². The van der Waals surface area contributed by atoms with Crippen molar-refractivity contribution in [3.63, 3.8) is 0 Å². The van der Waals surface area contributed by atoms with Gasteiger partial charge in [-0.05, 0) is 36.8 Å². The molecule has 0 aliphatic carbocycles. The van der Waals surface area contributed by atoms with Crippen LogP contribution in [0.1, 0.15) is 11.1 Å². The van der Waals surface area contributed by atoms with Gasteiger partial charge < -0.3 is 0 Å². The standard InChI is InChI=1S/C14H13IS/c1-11-2-6-13(7-3-11)16-14-8-4-12(10-15)5-9-14/h2-9H,10H2,1H3. The number of halogens is 1. The molecule has 0 atom stereocenters. The summed E-state index contributed by atoms with van der Waals surface area (Å²) in [6, 6.07) is 17.4. The first-order valence-corrected chi connectivity index (χ1v) is 7.51. The van der Waals surface area contributed by atoms with Crippen molar-refractivity contribution < 1.29 is 0 Å². The topological polar surface area (TPSA) is 0 Å². The molecule has 0 spiro atoms. The number of benzene rings is 2. The zero-order chi connectivity index (χ0) is 11.4. The molecule has 0 bridgehead atoms. The van der Waals surface area contributed by atoms with Gasteiger partial charge in [0, 0.05) is 14.2 Å². The Morgan fingerprint density at radius 1 is 0.875 bits per heavy atom. The van der Waals surface area contributed by atoms with Gasteiger partial charge in [-0.3, -0.25) is 0 Å². The van der Waals surface area contributed by atoms with Crippen LogP contribution >= 0.6 is 34.4 Å². The van der Waals surface area contributed by atoms with Crippen LogP contribution in [-0.2, 0) is 4.43 Å². The largest absolute Gasteiger partial charge is 0.0901 e. The maximum atomic E-state index is 2.39. The van der Waals surface area contributed by atoms with Gasteiger partial charge in [-0.1, -0.05) is 64.2 Å². The number of alkyl halides is 1. The Balaban J connectivity index is 2.11. The molecule has 0 nitrogen and oxygen atoms in total. The highest BCUT2D eigenvalue weighted by Gasteiger charge is 1.97. The second kappa shape index (κ2) is 5.73. The van der Waals surface area contributed by atoms with E-state index in [1.165, 1.54) is 20.9 Å². The SMILES string of the molecule is Cc1ccc(Sc2ccc(CI)cc2)cc1. The molecule has 2 rings (SSSR count). The third-order valence-corrected chi connectivity index (χ3v) is 4.23. The first-order valence-electron chi connectivity index (χ1n) is 5.17. The Labute approximate surface area is 115 Å². The normalized spacial score (nSPS) is 10.4. The zero-order valence-corrected chi connectivity index (χ0v) is 12.1. The fourth-order valence-corrected chi connectivity index (χ4v) is 2.71. The molecule has 0 amide bonds. The molecule has 16 heavy (non-hydrogen) atoms. The summed E-state index contributed by atoms with van der Waals surface area (Å²) in [5.74, 6) is 0. The predicted molar refractivity (Wildman–Crippen MR) is 79.5 cm³/mol. The van der Waals surface area contributed by atoms with Crippen molar-refractivity contribution in [1.29, 1.82) is 0 Å². The minimum absolute atomic E-state index is 1.08. The molecule has 0 aliphatic rings. The van der Waals surface area contributed by atoms with E-state index in [0.29, 0.717) is 0 Å². The molecule has 0 aliphatic heterocycles. The van der Waals surface area contributed by atoms with Gasteiger partial charge in [0.15, 0.2) is 0 Å². The number of rotatable bonds is 3. The van der Waals surface area contributed by atoms with Crippen molar-refractivity contribution in [2.24, 2.45) is 0 Å². The Hall–Kier alpha value is -0.480. The number of hydrogen-bond acceptors (Lipinski definition) is 1. The first kappa shape index (κ1) is 12.0. The molecule has 0 unspecified atom stereocenters. The van der Waals surface area contributed by atoms with Crippen molar-refractivity contribution in [2.75, 3.05) is 0 Å². The molecule has 0 aromatic heterocycles. The molecule has 0 radical (unpaired) electrons. The van der Waals surface area contributed by atoms with Crippen LogP contribution in [0, 0.1) is 6.92 Å². The highest BCUT2D eigenvalue weighted by atomic mass is 127. The third kappa shape index (κ3) is 3.25. The minimum atomic E-state index is 1.08. The Morgan fingerprint density at radius 3 is 1.88 bits per heavy atom. The van der Waals surface area contributed by atoms with E-state index in [1.807, 2.05) is 11.8 Å². The van der Waals surface area contributed by atoms with E-state index in [9.17, 15) is 0 Å². The number of aryl methyl sites for hydroxylation is 1. The van der Waals surface area contributed by atoms with Gasteiger partial charge in [-0.15, -0.1) is 0 Å². The van der Waals surface area contributed by atoms with E-state index in [1.54, 1.807) is 0 Å². The lowest BCUT2D eigenvalue weighted by atomic mass is 10.2. The van der Waals surface area contributed by atoms with Crippen LogP contribution in [0.3, 0.4) is 0 Å². The smallest absolute Gasteiger partial charge is 0.0247 e. The van der Waals surface area contributed by atoms with Crippen LogP contribution in [0.4, 0.5) is 0 Å². The van der Waals surface area contributed by atoms with E-state index in [4.69, 9.17) is 0 Å². The molecule has 0 heterocycles. The summed E-state index contributed by atoms with van der Waals surface area (Å²) in [6.45, 7) is 2.11. The van der Waals surface area contributed by atoms with Crippen LogP contribution in [-0.4, -0.2) is 0 Å². The summed E-state index contributed by atoms with van der Waals surface area (Å²) in [6.07, 6.45) is 0. The molecule has 2 aromatic rings. The van der Waals surface area contributed by atoms with Crippen LogP contribution < -0.4 is 0 Å². The molecular formula is C14H13IS. The summed E-state index contributed by atoms with van der Waals surface area (Å²) in [5, 5.41) is 0. The highest BCUT2D eigenvalue weighted by molar-refractivity contribution is 14.1. The van der Waals surface area contributed by atoms with E-state index < -0.39 is 0 Å². The van der Waals surface area contributed by atoms with Crippen molar-refractivity contribution in [1.82, 2.24) is 0 Å². The summed E-state index contributed by atoms with van der Waals surface area (Å²) in [7, 11) is 0. The van der Waals surface area contributed by atoms with Crippen molar-refractivity contribution >= 4 is 34.4 Å². The van der Waals surface area contributed by atoms with Gasteiger partial charge in [-0.25, -0.2) is 0 Å². The van der Waals surface area contributed by atoms with Crippen LogP contribution in [0.5, 0.6) is 0 Å². The van der Waals surface area contributed by atoms with E-state index in [2.05, 4.69) is 78.0 Å². The van der Waals surface area contributed by atoms with Gasteiger partial charge in [0.25, 0.3) is 0 Å². The Kier molecular flexibility index (Phi) is 4.29. The van der Waals surface area contributed by atoms with Crippen LogP contribution in [0.15, 0.2) is 58.3 Å². The second-order valence-electron chi connectivity index (χ2n) is 3.69.